The molecule has 9 unspecified atom stereocenters. The van der Waals surface area contributed by atoms with E-state index in [2.05, 4.69) is 10.3 Å². The number of hydrogen-bond donors (Lipinski definition) is 2. The number of carbonyl (C=O) groups is 4. The highest BCUT2D eigenvalue weighted by molar-refractivity contribution is 7.80. The summed E-state index contributed by atoms with van der Waals surface area (Å²) in [5, 5.41) is 13.4. The van der Waals surface area contributed by atoms with Gasteiger partial charge >= 0.3 is 23.9 Å². The van der Waals surface area contributed by atoms with Crippen LogP contribution in [-0.2, 0) is 72.0 Å². The fraction of sp³-hybridized carbons (Fsp3) is 0.409. The molecule has 2 aliphatic rings. The van der Waals surface area contributed by atoms with Gasteiger partial charge in [-0.05, 0) is 22.3 Å². The van der Waals surface area contributed by atoms with Crippen molar-refractivity contribution in [2.24, 2.45) is 0 Å². The number of nitrogens with zero attached hydrogens (tertiary/aromatic N) is 2. The molecule has 2 fully saturated rings. The van der Waals surface area contributed by atoms with Gasteiger partial charge in [0, 0.05) is 52.1 Å². The molecular formula is C44H47Cl2N3O12S. The zero-order valence-electron chi connectivity index (χ0n) is 34.3. The van der Waals surface area contributed by atoms with Crippen LogP contribution in [0.5, 0.6) is 0 Å². The van der Waals surface area contributed by atoms with Crippen molar-refractivity contribution in [2.75, 3.05) is 6.61 Å². The van der Waals surface area contributed by atoms with Crippen molar-refractivity contribution < 1.29 is 57.4 Å². The monoisotopic (exact) mass is 911 g/mol. The van der Waals surface area contributed by atoms with Gasteiger partial charge in [-0.2, -0.15) is 0 Å². The quantitative estimate of drug-likeness (QED) is 0.0775. The first kappa shape index (κ1) is 46.6. The van der Waals surface area contributed by atoms with Gasteiger partial charge in [-0.15, -0.1) is 0 Å². The van der Waals surface area contributed by atoms with E-state index in [1.165, 1.54) is 13.8 Å². The zero-order chi connectivity index (χ0) is 44.5. The van der Waals surface area contributed by atoms with Gasteiger partial charge in [-0.3, -0.25) is 19.2 Å². The third kappa shape index (κ3) is 11.9. The van der Waals surface area contributed by atoms with Crippen LogP contribution in [0.15, 0.2) is 85.2 Å². The van der Waals surface area contributed by atoms with E-state index in [1.54, 1.807) is 10.9 Å². The second-order valence-electron chi connectivity index (χ2n) is 14.8. The van der Waals surface area contributed by atoms with Crippen LogP contribution in [0.1, 0.15) is 80.2 Å². The number of thiocarbonyl (C=S) groups is 1. The molecule has 18 heteroatoms. The molecule has 15 nitrogen and oxygen atoms in total. The summed E-state index contributed by atoms with van der Waals surface area (Å²) in [6, 6.07) is 25.2. The van der Waals surface area contributed by atoms with E-state index in [9.17, 15) is 24.3 Å². The normalized spacial score (nSPS) is 24.7. The summed E-state index contributed by atoms with van der Waals surface area (Å²) in [7, 11) is 0. The summed E-state index contributed by atoms with van der Waals surface area (Å²) in [6.07, 6.45) is -6.03. The maximum absolute atomic E-state index is 12.3. The Labute approximate surface area is 373 Å². The van der Waals surface area contributed by atoms with Gasteiger partial charge in [0.25, 0.3) is 0 Å². The maximum Gasteiger partial charge on any atom is 0.303 e. The number of ether oxygens (including phenoxy) is 7. The van der Waals surface area contributed by atoms with Gasteiger partial charge in [-0.1, -0.05) is 114 Å². The van der Waals surface area contributed by atoms with Gasteiger partial charge in [0.05, 0.1) is 36.7 Å². The first-order valence-corrected chi connectivity index (χ1v) is 20.9. The molecule has 2 aliphatic heterocycles. The van der Waals surface area contributed by atoms with Crippen molar-refractivity contribution >= 4 is 64.3 Å². The molecule has 4 aromatic rings. The molecule has 0 radical (unpaired) electrons. The number of esters is 4. The average Bonchev–Trinajstić information content (AvgIpc) is 3.56. The Morgan fingerprint density at radius 3 is 1.90 bits per heavy atom. The zero-order valence-corrected chi connectivity index (χ0v) is 36.6. The Bertz CT molecular complexity index is 2190. The third-order valence-corrected chi connectivity index (χ3v) is 11.4. The van der Waals surface area contributed by atoms with Crippen LogP contribution >= 0.6 is 35.4 Å². The molecular weight excluding hydrogens is 865 g/mol. The molecule has 62 heavy (non-hydrogen) atoms. The van der Waals surface area contributed by atoms with Crippen molar-refractivity contribution in [3.05, 3.63) is 123 Å². The van der Waals surface area contributed by atoms with Gasteiger partial charge in [0.1, 0.15) is 24.0 Å². The van der Waals surface area contributed by atoms with E-state index < -0.39 is 72.9 Å². The van der Waals surface area contributed by atoms with Gasteiger partial charge < -0.3 is 48.1 Å². The summed E-state index contributed by atoms with van der Waals surface area (Å²) in [6.45, 7) is 4.88. The standard InChI is InChI=1S/C44H47Cl2N3O12S/c1-24(51)55-22-35-40(57-26(3)53)41(58-27(4)54)39(56-25(2)52)33(59-35)18-36(62)47-19-28-10-16-32(17-11-28)44-60-34(20-49-23-48-42(45)43(49)46)37(30-8-6-5-7-9-30)38(61-44)31-14-12-29(21-50)13-15-31/h5-17,23,33-35,37-41,44,50H,18-22H2,1-4H3,(H,47,62). The third-order valence-electron chi connectivity index (χ3n) is 10.3. The first-order chi connectivity index (χ1) is 29.7. The molecule has 0 aliphatic carbocycles. The number of aliphatic hydroxyl groups excluding tert-OH is 1. The molecule has 0 saturated carbocycles. The Kier molecular flexibility index (Phi) is 16.1. The lowest BCUT2D eigenvalue weighted by atomic mass is 9.83. The summed E-state index contributed by atoms with van der Waals surface area (Å²) in [5.74, 6) is -3.04. The summed E-state index contributed by atoms with van der Waals surface area (Å²) < 4.78 is 43.3. The van der Waals surface area contributed by atoms with Gasteiger partial charge in [-0.25, -0.2) is 4.98 Å². The number of carbonyl (C=O) groups excluding carboxylic acids is 4. The van der Waals surface area contributed by atoms with E-state index >= 15 is 0 Å². The minimum Gasteiger partial charge on any atom is -0.463 e. The van der Waals surface area contributed by atoms with Crippen LogP contribution in [0.3, 0.4) is 0 Å². The van der Waals surface area contributed by atoms with E-state index in [4.69, 9.17) is 68.6 Å². The predicted octanol–water partition coefficient (Wildman–Crippen LogP) is 6.25. The Morgan fingerprint density at radius 2 is 1.32 bits per heavy atom. The lowest BCUT2D eigenvalue weighted by Crippen LogP contribution is -2.62. The summed E-state index contributed by atoms with van der Waals surface area (Å²) >= 11 is 18.5. The van der Waals surface area contributed by atoms with Crippen molar-refractivity contribution in [3.63, 3.8) is 0 Å². The molecule has 0 spiro atoms. The van der Waals surface area contributed by atoms with Crippen LogP contribution < -0.4 is 5.32 Å². The highest BCUT2D eigenvalue weighted by Crippen LogP contribution is 2.47. The fourth-order valence-corrected chi connectivity index (χ4v) is 8.11. The SMILES string of the molecule is CC(=O)OCC1OC(CC(=S)NCc2ccc(C3OC(Cn4cnc(Cl)c4Cl)C(c4ccccc4)C(c4ccc(CO)cc4)O3)cc2)C(OC(C)=O)C(OC(C)=O)C1OC(C)=O. The molecule has 6 rings (SSSR count). The van der Waals surface area contributed by atoms with E-state index in [0.717, 1.165) is 41.7 Å². The number of aromatic nitrogens is 2. The second-order valence-corrected chi connectivity index (χ2v) is 16.0. The predicted molar refractivity (Wildman–Crippen MR) is 228 cm³/mol. The van der Waals surface area contributed by atoms with E-state index in [-0.39, 0.29) is 42.4 Å². The molecule has 1 aromatic heterocycles. The first-order valence-electron chi connectivity index (χ1n) is 19.8. The van der Waals surface area contributed by atoms with Crippen LogP contribution in [0.25, 0.3) is 0 Å². The number of rotatable bonds is 15. The number of halogens is 2. The minimum atomic E-state index is -1.30. The number of imidazole rings is 1. The van der Waals surface area contributed by atoms with Crippen molar-refractivity contribution in [2.45, 2.75) is 109 Å². The Balaban J connectivity index is 1.20. The molecule has 3 heterocycles. The van der Waals surface area contributed by atoms with Gasteiger partial charge in [0.15, 0.2) is 29.8 Å². The van der Waals surface area contributed by atoms with Crippen molar-refractivity contribution in [1.82, 2.24) is 14.9 Å². The number of hydrogen-bond acceptors (Lipinski definition) is 14. The number of benzene rings is 3. The topological polar surface area (TPSA) is 183 Å². The molecule has 2 saturated heterocycles. The Morgan fingerprint density at radius 1 is 0.726 bits per heavy atom. The van der Waals surface area contributed by atoms with Crippen LogP contribution in [-0.4, -0.2) is 86.8 Å². The van der Waals surface area contributed by atoms with Gasteiger partial charge in [0.2, 0.25) is 0 Å². The lowest BCUT2D eigenvalue weighted by Gasteiger charge is -2.44. The smallest absolute Gasteiger partial charge is 0.303 e. The lowest BCUT2D eigenvalue weighted by molar-refractivity contribution is -0.263. The number of aliphatic hydroxyl groups is 1. The summed E-state index contributed by atoms with van der Waals surface area (Å²) in [4.78, 5) is 52.8. The molecule has 0 bridgehead atoms. The molecule has 3 aromatic carbocycles. The largest absolute Gasteiger partial charge is 0.463 e. The highest BCUT2D eigenvalue weighted by Gasteiger charge is 2.52. The minimum absolute atomic E-state index is 0.00691. The number of nitrogens with one attached hydrogen (secondary N) is 1. The average molecular weight is 913 g/mol. The Hall–Kier alpha value is -4.94. The molecule has 330 valence electrons. The van der Waals surface area contributed by atoms with Crippen molar-refractivity contribution in [3.8, 4) is 0 Å². The fourth-order valence-electron chi connectivity index (χ4n) is 7.56. The van der Waals surface area contributed by atoms with Crippen LogP contribution in [0.4, 0.5) is 0 Å². The van der Waals surface area contributed by atoms with Crippen molar-refractivity contribution in [1.29, 1.82) is 0 Å². The van der Waals surface area contributed by atoms with E-state index in [0.29, 0.717) is 11.5 Å². The van der Waals surface area contributed by atoms with Crippen LogP contribution in [0.2, 0.25) is 10.3 Å². The second kappa shape index (κ2) is 21.4. The summed E-state index contributed by atoms with van der Waals surface area (Å²) in [5.41, 5.74) is 4.26. The molecule has 0 amide bonds. The van der Waals surface area contributed by atoms with Crippen LogP contribution in [0, 0.1) is 0 Å². The maximum atomic E-state index is 12.3. The highest BCUT2D eigenvalue weighted by atomic mass is 35.5. The molecule has 9 atom stereocenters. The van der Waals surface area contributed by atoms with E-state index in [1.807, 2.05) is 78.9 Å². The molecule has 2 N–H and O–H groups in total.